The summed E-state index contributed by atoms with van der Waals surface area (Å²) in [5.41, 5.74) is 2.11. The lowest BCUT2D eigenvalue weighted by molar-refractivity contribution is -0.186. The molecule has 2 aliphatic heterocycles. The highest BCUT2D eigenvalue weighted by Crippen LogP contribution is 2.31. The van der Waals surface area contributed by atoms with Crippen LogP contribution in [0.25, 0.3) is 11.4 Å². The summed E-state index contributed by atoms with van der Waals surface area (Å²) in [6, 6.07) is 14.4. The molecule has 2 aliphatic rings. The Bertz CT molecular complexity index is 992. The first kappa shape index (κ1) is 21.1. The molecule has 0 N–H and O–H groups in total. The highest BCUT2D eigenvalue weighted by atomic mass is 16.7. The maximum Gasteiger partial charge on any atom is 0.241 e. The first-order chi connectivity index (χ1) is 15.7. The Balaban J connectivity index is 1.19. The summed E-state index contributed by atoms with van der Waals surface area (Å²) in [6.07, 6.45) is 3.56. The highest BCUT2D eigenvalue weighted by molar-refractivity contribution is 5.56. The van der Waals surface area contributed by atoms with E-state index in [9.17, 15) is 0 Å². The van der Waals surface area contributed by atoms with Crippen LogP contribution in [0.4, 0.5) is 5.82 Å². The van der Waals surface area contributed by atoms with Crippen molar-refractivity contribution in [1.29, 1.82) is 0 Å². The van der Waals surface area contributed by atoms with Gasteiger partial charge in [0.2, 0.25) is 11.7 Å². The van der Waals surface area contributed by atoms with Gasteiger partial charge in [0.1, 0.15) is 5.82 Å². The summed E-state index contributed by atoms with van der Waals surface area (Å²) in [7, 11) is 0. The van der Waals surface area contributed by atoms with Gasteiger partial charge in [0.05, 0.1) is 19.8 Å². The number of anilines is 1. The van der Waals surface area contributed by atoms with Gasteiger partial charge >= 0.3 is 0 Å². The normalized spacial score (nSPS) is 18.3. The van der Waals surface area contributed by atoms with Crippen molar-refractivity contribution in [3.63, 3.8) is 0 Å². The average molecular weight is 436 g/mol. The van der Waals surface area contributed by atoms with Gasteiger partial charge < -0.3 is 18.9 Å². The van der Waals surface area contributed by atoms with Crippen molar-refractivity contribution >= 4 is 5.82 Å². The zero-order valence-electron chi connectivity index (χ0n) is 18.4. The van der Waals surface area contributed by atoms with Gasteiger partial charge in [-0.3, -0.25) is 4.90 Å². The van der Waals surface area contributed by atoms with Crippen LogP contribution in [0.1, 0.15) is 31.2 Å². The number of hydrogen-bond donors (Lipinski definition) is 0. The van der Waals surface area contributed by atoms with Crippen LogP contribution in [-0.4, -0.2) is 58.7 Å². The lowest BCUT2D eigenvalue weighted by atomic mass is 10.0. The summed E-state index contributed by atoms with van der Waals surface area (Å²) in [5, 5.41) is 4.17. The van der Waals surface area contributed by atoms with Gasteiger partial charge in [0, 0.05) is 50.8 Å². The maximum atomic E-state index is 5.80. The molecule has 0 aliphatic carbocycles. The lowest BCUT2D eigenvalue weighted by Crippen LogP contribution is -2.44. The van der Waals surface area contributed by atoms with Crippen molar-refractivity contribution in [2.45, 2.75) is 38.6 Å². The smallest absolute Gasteiger partial charge is 0.241 e. The first-order valence-corrected chi connectivity index (χ1v) is 11.3. The Kier molecular flexibility index (Phi) is 6.16. The standard InChI is InChI=1S/C24H29N5O3/c1-2-29(17-19-6-4-3-5-7-19)21-9-8-20(16-25-21)23-26-22(32-27-23)18-28-12-10-24(11-13-28)30-14-15-31-24/h3-9,16H,2,10-15,17-18H2,1H3. The number of ether oxygens (including phenoxy) is 2. The number of pyridine rings is 1. The number of aromatic nitrogens is 3. The number of nitrogens with zero attached hydrogens (tertiary/aromatic N) is 5. The molecule has 0 saturated carbocycles. The Hall–Kier alpha value is -2.81. The van der Waals surface area contributed by atoms with Gasteiger partial charge in [-0.15, -0.1) is 0 Å². The van der Waals surface area contributed by atoms with E-state index in [1.54, 1.807) is 0 Å². The maximum absolute atomic E-state index is 5.80. The Morgan fingerprint density at radius 1 is 1.03 bits per heavy atom. The molecule has 168 valence electrons. The Labute approximate surface area is 188 Å². The molecule has 0 atom stereocenters. The summed E-state index contributed by atoms with van der Waals surface area (Å²) < 4.78 is 17.1. The van der Waals surface area contributed by atoms with Crippen LogP contribution in [0.2, 0.25) is 0 Å². The molecule has 1 spiro atoms. The third kappa shape index (κ3) is 4.67. The fraction of sp³-hybridized carbons (Fsp3) is 0.458. The third-order valence-corrected chi connectivity index (χ3v) is 6.19. The second-order valence-electron chi connectivity index (χ2n) is 8.30. The summed E-state index contributed by atoms with van der Waals surface area (Å²) >= 11 is 0. The SMILES string of the molecule is CCN(Cc1ccccc1)c1ccc(-c2noc(CN3CCC4(CC3)OCCO4)n2)cn1. The summed E-state index contributed by atoms with van der Waals surface area (Å²) in [6.45, 7) is 7.64. The van der Waals surface area contributed by atoms with E-state index >= 15 is 0 Å². The zero-order chi connectivity index (χ0) is 21.8. The van der Waals surface area contributed by atoms with Crippen LogP contribution >= 0.6 is 0 Å². The Morgan fingerprint density at radius 2 is 1.81 bits per heavy atom. The molecule has 0 radical (unpaired) electrons. The van der Waals surface area contributed by atoms with Crippen LogP contribution in [-0.2, 0) is 22.6 Å². The quantitative estimate of drug-likeness (QED) is 0.558. The second kappa shape index (κ2) is 9.36. The van der Waals surface area contributed by atoms with Gasteiger partial charge in [0.25, 0.3) is 0 Å². The minimum atomic E-state index is -0.364. The van der Waals surface area contributed by atoms with Crippen LogP contribution in [0.5, 0.6) is 0 Å². The highest BCUT2D eigenvalue weighted by Gasteiger charge is 2.39. The minimum absolute atomic E-state index is 0.364. The van der Waals surface area contributed by atoms with E-state index in [2.05, 4.69) is 56.1 Å². The molecule has 0 unspecified atom stereocenters. The van der Waals surface area contributed by atoms with E-state index in [1.807, 2.05) is 24.4 Å². The molecule has 0 bridgehead atoms. The number of likely N-dealkylation sites (tertiary alicyclic amines) is 1. The summed E-state index contributed by atoms with van der Waals surface area (Å²) in [4.78, 5) is 13.8. The second-order valence-corrected chi connectivity index (χ2v) is 8.30. The van der Waals surface area contributed by atoms with E-state index in [1.165, 1.54) is 5.56 Å². The van der Waals surface area contributed by atoms with Crippen molar-refractivity contribution in [2.75, 3.05) is 37.7 Å². The van der Waals surface area contributed by atoms with Crippen LogP contribution in [0, 0.1) is 0 Å². The monoisotopic (exact) mass is 435 g/mol. The molecule has 0 amide bonds. The molecule has 3 aromatic rings. The lowest BCUT2D eigenvalue weighted by Gasteiger charge is -2.36. The zero-order valence-corrected chi connectivity index (χ0v) is 18.4. The number of rotatable bonds is 7. The fourth-order valence-electron chi connectivity index (χ4n) is 4.33. The molecule has 2 saturated heterocycles. The number of piperidine rings is 1. The molecule has 5 rings (SSSR count). The predicted molar refractivity (Wildman–Crippen MR) is 120 cm³/mol. The van der Waals surface area contributed by atoms with E-state index in [-0.39, 0.29) is 5.79 Å². The van der Waals surface area contributed by atoms with Gasteiger partial charge in [0.15, 0.2) is 5.79 Å². The van der Waals surface area contributed by atoms with Gasteiger partial charge in [-0.05, 0) is 24.6 Å². The third-order valence-electron chi connectivity index (χ3n) is 6.19. The predicted octanol–water partition coefficient (Wildman–Crippen LogP) is 3.50. The topological polar surface area (TPSA) is 76.8 Å². The molecular weight excluding hydrogens is 406 g/mol. The molecule has 2 aromatic heterocycles. The molecule has 8 heteroatoms. The largest absolute Gasteiger partial charge is 0.353 e. The van der Waals surface area contributed by atoms with Gasteiger partial charge in [-0.25, -0.2) is 4.98 Å². The van der Waals surface area contributed by atoms with Crippen molar-refractivity contribution in [3.05, 3.63) is 60.1 Å². The molecule has 32 heavy (non-hydrogen) atoms. The van der Waals surface area contributed by atoms with Crippen LogP contribution < -0.4 is 4.90 Å². The van der Waals surface area contributed by atoms with Gasteiger partial charge in [-0.2, -0.15) is 4.98 Å². The molecule has 2 fully saturated rings. The van der Waals surface area contributed by atoms with E-state index < -0.39 is 0 Å². The van der Waals surface area contributed by atoms with E-state index in [0.717, 1.165) is 50.4 Å². The van der Waals surface area contributed by atoms with Crippen molar-refractivity contribution in [3.8, 4) is 11.4 Å². The first-order valence-electron chi connectivity index (χ1n) is 11.3. The molecule has 8 nitrogen and oxygen atoms in total. The molecule has 1 aromatic carbocycles. The average Bonchev–Trinajstić information content (AvgIpc) is 3.50. The van der Waals surface area contributed by atoms with E-state index in [4.69, 9.17) is 14.0 Å². The molecule has 4 heterocycles. The van der Waals surface area contributed by atoms with Crippen LogP contribution in [0.15, 0.2) is 53.2 Å². The number of hydrogen-bond acceptors (Lipinski definition) is 8. The van der Waals surface area contributed by atoms with Crippen LogP contribution in [0.3, 0.4) is 0 Å². The van der Waals surface area contributed by atoms with Crippen molar-refractivity contribution in [1.82, 2.24) is 20.0 Å². The van der Waals surface area contributed by atoms with Crippen molar-refractivity contribution < 1.29 is 14.0 Å². The van der Waals surface area contributed by atoms with Gasteiger partial charge in [-0.1, -0.05) is 35.5 Å². The van der Waals surface area contributed by atoms with Crippen molar-refractivity contribution in [2.24, 2.45) is 0 Å². The summed E-state index contributed by atoms with van der Waals surface area (Å²) in [5.74, 6) is 1.76. The minimum Gasteiger partial charge on any atom is -0.353 e. The van der Waals surface area contributed by atoms with E-state index in [0.29, 0.717) is 31.5 Å². The number of benzene rings is 1. The molecular formula is C24H29N5O3. The Morgan fingerprint density at radius 3 is 2.50 bits per heavy atom. The fourth-order valence-corrected chi connectivity index (χ4v) is 4.33.